The SMILES string of the molecule is CCCn1cc(Cl)c(C(=O)N2CC[C@H](Oc3ccccc3)[C@@H](CC(=O)N3CCN(C)CC3)C2)n1. The summed E-state index contributed by atoms with van der Waals surface area (Å²) in [4.78, 5) is 32.4. The first-order valence-corrected chi connectivity index (χ1v) is 12.5. The minimum absolute atomic E-state index is 0.110. The Bertz CT molecular complexity index is 974. The Morgan fingerprint density at radius 3 is 2.53 bits per heavy atom. The molecular formula is C25H34ClN5O3. The van der Waals surface area contributed by atoms with E-state index in [2.05, 4.69) is 24.0 Å². The number of ether oxygens (including phenoxy) is 1. The van der Waals surface area contributed by atoms with Crippen LogP contribution in [0.25, 0.3) is 0 Å². The number of likely N-dealkylation sites (N-methyl/N-ethyl adjacent to an activating group) is 1. The predicted octanol–water partition coefficient (Wildman–Crippen LogP) is 3.02. The van der Waals surface area contributed by atoms with E-state index < -0.39 is 0 Å². The van der Waals surface area contributed by atoms with Crippen molar-refractivity contribution < 1.29 is 14.3 Å². The molecule has 0 unspecified atom stereocenters. The van der Waals surface area contributed by atoms with Gasteiger partial charge in [0.2, 0.25) is 5.91 Å². The lowest BCUT2D eigenvalue weighted by Gasteiger charge is -2.39. The number of carbonyl (C=O) groups excluding carboxylic acids is 2. The summed E-state index contributed by atoms with van der Waals surface area (Å²) < 4.78 is 8.02. The minimum atomic E-state index is -0.185. The molecular weight excluding hydrogens is 454 g/mol. The maximum absolute atomic E-state index is 13.3. The number of carbonyl (C=O) groups is 2. The second-order valence-corrected chi connectivity index (χ2v) is 9.65. The maximum atomic E-state index is 13.3. The number of amides is 2. The van der Waals surface area contributed by atoms with E-state index in [0.717, 1.165) is 38.3 Å². The van der Waals surface area contributed by atoms with Crippen molar-refractivity contribution >= 4 is 23.4 Å². The van der Waals surface area contributed by atoms with E-state index in [1.807, 2.05) is 35.2 Å². The molecule has 0 bridgehead atoms. The van der Waals surface area contributed by atoms with Gasteiger partial charge in [0.05, 0.1) is 5.02 Å². The average molecular weight is 488 g/mol. The van der Waals surface area contributed by atoms with Crippen molar-refractivity contribution in [2.24, 2.45) is 5.92 Å². The van der Waals surface area contributed by atoms with Gasteiger partial charge in [0.1, 0.15) is 11.9 Å². The number of likely N-dealkylation sites (tertiary alicyclic amines) is 1. The van der Waals surface area contributed by atoms with Crippen LogP contribution in [-0.2, 0) is 11.3 Å². The van der Waals surface area contributed by atoms with Gasteiger partial charge < -0.3 is 19.4 Å². The molecule has 4 rings (SSSR count). The van der Waals surface area contributed by atoms with Gasteiger partial charge in [0.25, 0.3) is 5.91 Å². The molecule has 8 nitrogen and oxygen atoms in total. The first-order chi connectivity index (χ1) is 16.4. The van der Waals surface area contributed by atoms with E-state index in [9.17, 15) is 9.59 Å². The number of piperazine rings is 1. The molecule has 1 aromatic carbocycles. The third kappa shape index (κ3) is 5.91. The molecule has 9 heteroatoms. The molecule has 2 aliphatic rings. The Labute approximate surface area is 206 Å². The van der Waals surface area contributed by atoms with E-state index in [1.165, 1.54) is 0 Å². The molecule has 2 aliphatic heterocycles. The van der Waals surface area contributed by atoms with Crippen LogP contribution in [0.2, 0.25) is 5.02 Å². The van der Waals surface area contributed by atoms with Crippen LogP contribution in [0.3, 0.4) is 0 Å². The summed E-state index contributed by atoms with van der Waals surface area (Å²) in [5.74, 6) is 0.613. The highest BCUT2D eigenvalue weighted by atomic mass is 35.5. The smallest absolute Gasteiger partial charge is 0.275 e. The Kier molecular flexibility index (Phi) is 8.11. The van der Waals surface area contributed by atoms with Crippen LogP contribution >= 0.6 is 11.6 Å². The van der Waals surface area contributed by atoms with Crippen LogP contribution < -0.4 is 4.74 Å². The largest absolute Gasteiger partial charge is 0.490 e. The monoisotopic (exact) mass is 487 g/mol. The van der Waals surface area contributed by atoms with Crippen LogP contribution in [0.15, 0.2) is 36.5 Å². The molecule has 1 aromatic heterocycles. The lowest BCUT2D eigenvalue weighted by Crippen LogP contribution is -2.51. The topological polar surface area (TPSA) is 70.9 Å². The average Bonchev–Trinajstić information content (AvgIpc) is 3.21. The molecule has 2 aromatic rings. The van der Waals surface area contributed by atoms with E-state index in [1.54, 1.807) is 15.8 Å². The molecule has 0 radical (unpaired) electrons. The molecule has 3 heterocycles. The van der Waals surface area contributed by atoms with Crippen molar-refractivity contribution in [2.75, 3.05) is 46.3 Å². The number of halogens is 1. The maximum Gasteiger partial charge on any atom is 0.275 e. The standard InChI is InChI=1S/C25H34ClN5O3/c1-3-10-31-18-21(26)24(27-31)25(33)30-11-9-22(34-20-7-5-4-6-8-20)19(17-30)16-23(32)29-14-12-28(2)13-15-29/h4-8,18-19,22H,3,9-17H2,1-2H3/t19-,22-/m0/s1. The summed E-state index contributed by atoms with van der Waals surface area (Å²) in [7, 11) is 2.07. The predicted molar refractivity (Wildman–Crippen MR) is 131 cm³/mol. The number of hydrogen-bond acceptors (Lipinski definition) is 5. The van der Waals surface area contributed by atoms with Crippen LogP contribution in [0.4, 0.5) is 0 Å². The number of aryl methyl sites for hydroxylation is 1. The summed E-state index contributed by atoms with van der Waals surface area (Å²) in [6.45, 7) is 6.96. The number of benzene rings is 1. The van der Waals surface area contributed by atoms with Crippen molar-refractivity contribution in [2.45, 2.75) is 38.8 Å². The summed E-state index contributed by atoms with van der Waals surface area (Å²) in [5.41, 5.74) is 0.279. The zero-order valence-corrected chi connectivity index (χ0v) is 20.8. The Morgan fingerprint density at radius 1 is 1.09 bits per heavy atom. The van der Waals surface area contributed by atoms with Gasteiger partial charge >= 0.3 is 0 Å². The van der Waals surface area contributed by atoms with Crippen molar-refractivity contribution in [1.82, 2.24) is 24.5 Å². The van der Waals surface area contributed by atoms with Gasteiger partial charge in [0, 0.05) is 70.8 Å². The number of aromatic nitrogens is 2. The van der Waals surface area contributed by atoms with Gasteiger partial charge in [-0.15, -0.1) is 0 Å². The Morgan fingerprint density at radius 2 is 1.82 bits per heavy atom. The molecule has 184 valence electrons. The highest BCUT2D eigenvalue weighted by Gasteiger charge is 2.37. The van der Waals surface area contributed by atoms with E-state index >= 15 is 0 Å². The van der Waals surface area contributed by atoms with Gasteiger partial charge in [-0.2, -0.15) is 5.10 Å². The molecule has 2 atom stereocenters. The van der Waals surface area contributed by atoms with Gasteiger partial charge in [-0.05, 0) is 25.6 Å². The molecule has 2 amide bonds. The van der Waals surface area contributed by atoms with Crippen molar-refractivity contribution in [1.29, 1.82) is 0 Å². The summed E-state index contributed by atoms with van der Waals surface area (Å²) in [6.07, 6.45) is 3.47. The molecule has 2 fully saturated rings. The van der Waals surface area contributed by atoms with E-state index in [0.29, 0.717) is 37.5 Å². The van der Waals surface area contributed by atoms with Crippen molar-refractivity contribution in [3.05, 3.63) is 47.2 Å². The van der Waals surface area contributed by atoms with Crippen molar-refractivity contribution in [3.8, 4) is 5.75 Å². The van der Waals surface area contributed by atoms with Gasteiger partial charge in [-0.1, -0.05) is 36.7 Å². The Hall–Kier alpha value is -2.58. The quantitative estimate of drug-likeness (QED) is 0.600. The van der Waals surface area contributed by atoms with E-state index in [4.69, 9.17) is 16.3 Å². The van der Waals surface area contributed by atoms with Crippen LogP contribution in [0.5, 0.6) is 5.75 Å². The zero-order chi connectivity index (χ0) is 24.1. The summed E-state index contributed by atoms with van der Waals surface area (Å²) in [6, 6.07) is 9.68. The number of para-hydroxylation sites is 1. The van der Waals surface area contributed by atoms with Gasteiger partial charge in [-0.3, -0.25) is 14.3 Å². The lowest BCUT2D eigenvalue weighted by atomic mass is 9.90. The lowest BCUT2D eigenvalue weighted by molar-refractivity contribution is -0.135. The first-order valence-electron chi connectivity index (χ1n) is 12.1. The molecule has 2 saturated heterocycles. The Balaban J connectivity index is 1.48. The second kappa shape index (κ2) is 11.2. The first kappa shape index (κ1) is 24.5. The van der Waals surface area contributed by atoms with E-state index in [-0.39, 0.29) is 29.5 Å². The molecule has 0 saturated carbocycles. The fourth-order valence-corrected chi connectivity index (χ4v) is 4.90. The highest BCUT2D eigenvalue weighted by molar-refractivity contribution is 6.33. The highest BCUT2D eigenvalue weighted by Crippen LogP contribution is 2.28. The van der Waals surface area contributed by atoms with Gasteiger partial charge in [0.15, 0.2) is 5.69 Å². The molecule has 34 heavy (non-hydrogen) atoms. The molecule has 0 N–H and O–H groups in total. The third-order valence-electron chi connectivity index (χ3n) is 6.65. The van der Waals surface area contributed by atoms with Crippen LogP contribution in [0.1, 0.15) is 36.7 Å². The molecule has 0 aliphatic carbocycles. The second-order valence-electron chi connectivity index (χ2n) is 9.25. The summed E-state index contributed by atoms with van der Waals surface area (Å²) >= 11 is 6.34. The molecule has 0 spiro atoms. The number of piperidine rings is 1. The number of rotatable bonds is 7. The fourth-order valence-electron chi connectivity index (χ4n) is 4.66. The zero-order valence-electron chi connectivity index (χ0n) is 20.0. The fraction of sp³-hybridized carbons (Fsp3) is 0.560. The third-order valence-corrected chi connectivity index (χ3v) is 6.92. The number of hydrogen-bond donors (Lipinski definition) is 0. The minimum Gasteiger partial charge on any atom is -0.490 e. The van der Waals surface area contributed by atoms with Crippen LogP contribution in [-0.4, -0.2) is 88.7 Å². The normalized spacial score (nSPS) is 21.5. The van der Waals surface area contributed by atoms with Gasteiger partial charge in [-0.25, -0.2) is 0 Å². The number of nitrogens with zero attached hydrogens (tertiary/aromatic N) is 5. The van der Waals surface area contributed by atoms with Crippen LogP contribution in [0, 0.1) is 5.92 Å². The van der Waals surface area contributed by atoms with Crippen molar-refractivity contribution in [3.63, 3.8) is 0 Å². The summed E-state index contributed by atoms with van der Waals surface area (Å²) in [5, 5.41) is 4.78.